The average molecular weight is 381 g/mol. The summed E-state index contributed by atoms with van der Waals surface area (Å²) in [5.41, 5.74) is 2.63. The van der Waals surface area contributed by atoms with Gasteiger partial charge in [-0.05, 0) is 54.3 Å². The topological polar surface area (TPSA) is 54.0 Å². The number of halogens is 2. The first-order chi connectivity index (χ1) is 13.6. The van der Waals surface area contributed by atoms with Gasteiger partial charge in [-0.25, -0.2) is 8.78 Å². The molecule has 3 rings (SSSR count). The van der Waals surface area contributed by atoms with Crippen LogP contribution in [0.1, 0.15) is 21.6 Å². The Morgan fingerprint density at radius 3 is 2.50 bits per heavy atom. The van der Waals surface area contributed by atoms with E-state index in [-0.39, 0.29) is 17.5 Å². The first-order valence-electron chi connectivity index (χ1n) is 9.08. The molecule has 0 radical (unpaired) electrons. The summed E-state index contributed by atoms with van der Waals surface area (Å²) in [5, 5.41) is 5.99. The SMILES string of the molecule is O=C(NCCc1ccc(F)cc1)c1cc(NCCc2ccccc2F)ccn1. The second-order valence-electron chi connectivity index (χ2n) is 6.33. The van der Waals surface area contributed by atoms with E-state index < -0.39 is 0 Å². The van der Waals surface area contributed by atoms with Gasteiger partial charge in [0, 0.05) is 25.0 Å². The Kier molecular flexibility index (Phi) is 6.68. The molecular formula is C22H21F2N3O. The zero-order valence-electron chi connectivity index (χ0n) is 15.3. The molecule has 1 aromatic heterocycles. The smallest absolute Gasteiger partial charge is 0.269 e. The summed E-state index contributed by atoms with van der Waals surface area (Å²) in [6.07, 6.45) is 2.70. The van der Waals surface area contributed by atoms with Crippen molar-refractivity contribution in [3.63, 3.8) is 0 Å². The lowest BCUT2D eigenvalue weighted by molar-refractivity contribution is 0.0949. The molecule has 0 fully saturated rings. The number of rotatable bonds is 8. The molecular weight excluding hydrogens is 360 g/mol. The predicted molar refractivity (Wildman–Crippen MR) is 105 cm³/mol. The molecule has 0 aliphatic carbocycles. The second kappa shape index (κ2) is 9.60. The number of pyridine rings is 1. The van der Waals surface area contributed by atoms with Crippen molar-refractivity contribution in [2.75, 3.05) is 18.4 Å². The molecule has 0 saturated heterocycles. The number of anilines is 1. The highest BCUT2D eigenvalue weighted by Crippen LogP contribution is 2.11. The van der Waals surface area contributed by atoms with Gasteiger partial charge in [-0.1, -0.05) is 30.3 Å². The van der Waals surface area contributed by atoms with Gasteiger partial charge in [0.15, 0.2) is 0 Å². The molecule has 0 unspecified atom stereocenters. The number of nitrogens with one attached hydrogen (secondary N) is 2. The van der Waals surface area contributed by atoms with Crippen molar-refractivity contribution < 1.29 is 13.6 Å². The minimum atomic E-state index is -0.281. The van der Waals surface area contributed by atoms with E-state index in [1.807, 2.05) is 0 Å². The van der Waals surface area contributed by atoms with Crippen LogP contribution in [0.15, 0.2) is 66.9 Å². The van der Waals surface area contributed by atoms with Crippen molar-refractivity contribution in [2.24, 2.45) is 0 Å². The number of hydrogen-bond donors (Lipinski definition) is 2. The summed E-state index contributed by atoms with van der Waals surface area (Å²) < 4.78 is 26.5. The minimum absolute atomic E-state index is 0.222. The monoisotopic (exact) mass is 381 g/mol. The zero-order chi connectivity index (χ0) is 19.8. The Balaban J connectivity index is 1.48. The summed E-state index contributed by atoms with van der Waals surface area (Å²) in [6, 6.07) is 16.3. The number of benzene rings is 2. The molecule has 1 heterocycles. The number of nitrogens with zero attached hydrogens (tertiary/aromatic N) is 1. The molecule has 2 aromatic carbocycles. The maximum Gasteiger partial charge on any atom is 0.269 e. The van der Waals surface area contributed by atoms with Gasteiger partial charge >= 0.3 is 0 Å². The highest BCUT2D eigenvalue weighted by atomic mass is 19.1. The molecule has 0 aliphatic rings. The maximum atomic E-state index is 13.6. The summed E-state index contributed by atoms with van der Waals surface area (Å²) in [4.78, 5) is 16.4. The molecule has 0 saturated carbocycles. The molecule has 0 atom stereocenters. The van der Waals surface area contributed by atoms with Crippen LogP contribution in [0.2, 0.25) is 0 Å². The molecule has 0 bridgehead atoms. The summed E-state index contributed by atoms with van der Waals surface area (Å²) in [6.45, 7) is 0.966. The van der Waals surface area contributed by atoms with Crippen molar-refractivity contribution in [1.29, 1.82) is 0 Å². The predicted octanol–water partition coefficient (Wildman–Crippen LogP) is 3.99. The van der Waals surface area contributed by atoms with Crippen LogP contribution in [0.5, 0.6) is 0 Å². The third kappa shape index (κ3) is 5.61. The first-order valence-corrected chi connectivity index (χ1v) is 9.08. The van der Waals surface area contributed by atoms with Crippen LogP contribution in [0, 0.1) is 11.6 Å². The fraction of sp³-hybridized carbons (Fsp3) is 0.182. The summed E-state index contributed by atoms with van der Waals surface area (Å²) in [7, 11) is 0. The molecule has 0 spiro atoms. The van der Waals surface area contributed by atoms with Crippen LogP contribution in [-0.2, 0) is 12.8 Å². The Labute approximate surface area is 162 Å². The van der Waals surface area contributed by atoms with Gasteiger partial charge in [0.05, 0.1) is 0 Å². The van der Waals surface area contributed by atoms with Gasteiger partial charge in [0.1, 0.15) is 17.3 Å². The van der Waals surface area contributed by atoms with Crippen molar-refractivity contribution in [3.05, 3.63) is 95.3 Å². The van der Waals surface area contributed by atoms with E-state index >= 15 is 0 Å². The third-order valence-corrected chi connectivity index (χ3v) is 4.29. The van der Waals surface area contributed by atoms with Crippen LogP contribution in [0.25, 0.3) is 0 Å². The third-order valence-electron chi connectivity index (χ3n) is 4.29. The van der Waals surface area contributed by atoms with Gasteiger partial charge in [-0.2, -0.15) is 0 Å². The number of amides is 1. The maximum absolute atomic E-state index is 13.6. The van der Waals surface area contributed by atoms with Crippen molar-refractivity contribution in [2.45, 2.75) is 12.8 Å². The number of carbonyl (C=O) groups excluding carboxylic acids is 1. The Hall–Kier alpha value is -3.28. The molecule has 28 heavy (non-hydrogen) atoms. The molecule has 3 aromatic rings. The van der Waals surface area contributed by atoms with E-state index in [1.54, 1.807) is 48.7 Å². The number of carbonyl (C=O) groups is 1. The highest BCUT2D eigenvalue weighted by molar-refractivity contribution is 5.93. The van der Waals surface area contributed by atoms with Crippen molar-refractivity contribution in [3.8, 4) is 0 Å². The largest absolute Gasteiger partial charge is 0.385 e. The van der Waals surface area contributed by atoms with E-state index in [0.29, 0.717) is 37.2 Å². The van der Waals surface area contributed by atoms with E-state index in [1.165, 1.54) is 18.2 Å². The van der Waals surface area contributed by atoms with Crippen molar-refractivity contribution >= 4 is 11.6 Å². The van der Waals surface area contributed by atoms with E-state index in [4.69, 9.17) is 0 Å². The minimum Gasteiger partial charge on any atom is -0.385 e. The van der Waals surface area contributed by atoms with E-state index in [9.17, 15) is 13.6 Å². The van der Waals surface area contributed by atoms with Crippen LogP contribution >= 0.6 is 0 Å². The quantitative estimate of drug-likeness (QED) is 0.620. The first kappa shape index (κ1) is 19.5. The molecule has 4 nitrogen and oxygen atoms in total. The lowest BCUT2D eigenvalue weighted by Gasteiger charge is -2.09. The Morgan fingerprint density at radius 1 is 0.929 bits per heavy atom. The van der Waals surface area contributed by atoms with Crippen LogP contribution < -0.4 is 10.6 Å². The van der Waals surface area contributed by atoms with Crippen LogP contribution in [0.3, 0.4) is 0 Å². The average Bonchev–Trinajstić information content (AvgIpc) is 2.71. The number of aromatic nitrogens is 1. The van der Waals surface area contributed by atoms with Gasteiger partial charge in [0.25, 0.3) is 5.91 Å². The number of hydrogen-bond acceptors (Lipinski definition) is 3. The second-order valence-corrected chi connectivity index (χ2v) is 6.33. The van der Waals surface area contributed by atoms with Crippen LogP contribution in [-0.4, -0.2) is 24.0 Å². The van der Waals surface area contributed by atoms with Gasteiger partial charge < -0.3 is 10.6 Å². The summed E-state index contributed by atoms with van der Waals surface area (Å²) >= 11 is 0. The summed E-state index contributed by atoms with van der Waals surface area (Å²) in [5.74, 6) is -0.781. The Bertz CT molecular complexity index is 929. The van der Waals surface area contributed by atoms with Gasteiger partial charge in [0.2, 0.25) is 0 Å². The normalized spacial score (nSPS) is 10.5. The highest BCUT2D eigenvalue weighted by Gasteiger charge is 2.08. The molecule has 2 N–H and O–H groups in total. The standard InChI is InChI=1S/C22H21F2N3O/c23-18-7-5-16(6-8-18)9-12-27-22(28)21-15-19(11-14-26-21)25-13-10-17-3-1-2-4-20(17)24/h1-8,11,14-15H,9-10,12-13H2,(H,25,26)(H,27,28). The molecule has 144 valence electrons. The fourth-order valence-corrected chi connectivity index (χ4v) is 2.77. The lowest BCUT2D eigenvalue weighted by atomic mass is 10.1. The molecule has 0 aliphatic heterocycles. The lowest BCUT2D eigenvalue weighted by Crippen LogP contribution is -2.26. The fourth-order valence-electron chi connectivity index (χ4n) is 2.77. The van der Waals surface area contributed by atoms with E-state index in [2.05, 4.69) is 15.6 Å². The van der Waals surface area contributed by atoms with Gasteiger partial charge in [-0.3, -0.25) is 9.78 Å². The van der Waals surface area contributed by atoms with Gasteiger partial charge in [-0.15, -0.1) is 0 Å². The molecule has 1 amide bonds. The van der Waals surface area contributed by atoms with Crippen LogP contribution in [0.4, 0.5) is 14.5 Å². The molecule has 6 heteroatoms. The Morgan fingerprint density at radius 2 is 1.71 bits per heavy atom. The zero-order valence-corrected chi connectivity index (χ0v) is 15.3. The van der Waals surface area contributed by atoms with Crippen molar-refractivity contribution in [1.82, 2.24) is 10.3 Å². The van der Waals surface area contributed by atoms with E-state index in [0.717, 1.165) is 11.3 Å².